The molecule has 166 valence electrons. The summed E-state index contributed by atoms with van der Waals surface area (Å²) in [6.45, 7) is 6.64. The number of carbonyl (C=O) groups excluding carboxylic acids is 1. The fraction of sp³-hybridized carbons (Fsp3) is 0.667. The van der Waals surface area contributed by atoms with E-state index in [2.05, 4.69) is 57.2 Å². The van der Waals surface area contributed by atoms with Crippen molar-refractivity contribution in [3.8, 4) is 0 Å². The Kier molecular flexibility index (Phi) is 7.44. The van der Waals surface area contributed by atoms with Gasteiger partial charge >= 0.3 is 0 Å². The molecule has 0 radical (unpaired) electrons. The number of primary amides is 1. The summed E-state index contributed by atoms with van der Waals surface area (Å²) in [7, 11) is 0. The minimum Gasteiger partial charge on any atom is -0.369 e. The highest BCUT2D eigenvalue weighted by Gasteiger charge is 2.53. The second-order valence-corrected chi connectivity index (χ2v) is 10.5. The van der Waals surface area contributed by atoms with Crippen molar-refractivity contribution >= 4 is 5.91 Å². The van der Waals surface area contributed by atoms with Crippen molar-refractivity contribution in [2.75, 3.05) is 0 Å². The van der Waals surface area contributed by atoms with E-state index in [0.717, 1.165) is 32.1 Å². The molecular formula is C27H42N2O. The summed E-state index contributed by atoms with van der Waals surface area (Å²) in [4.78, 5) is 12.2. The minimum atomic E-state index is -0.397. The van der Waals surface area contributed by atoms with Crippen LogP contribution < -0.4 is 11.5 Å². The third kappa shape index (κ3) is 4.99. The van der Waals surface area contributed by atoms with Gasteiger partial charge in [0, 0.05) is 11.5 Å². The van der Waals surface area contributed by atoms with Gasteiger partial charge in [-0.3, -0.25) is 4.79 Å². The van der Waals surface area contributed by atoms with E-state index in [0.29, 0.717) is 17.9 Å². The number of rotatable bonds is 3. The van der Waals surface area contributed by atoms with Crippen LogP contribution in [0.15, 0.2) is 42.0 Å². The highest BCUT2D eigenvalue weighted by Crippen LogP contribution is 2.59. The van der Waals surface area contributed by atoms with Crippen LogP contribution in [-0.4, -0.2) is 11.9 Å². The van der Waals surface area contributed by atoms with Crippen LogP contribution in [0.5, 0.6) is 0 Å². The van der Waals surface area contributed by atoms with Crippen LogP contribution in [-0.2, 0) is 10.2 Å². The van der Waals surface area contributed by atoms with Gasteiger partial charge < -0.3 is 11.5 Å². The lowest BCUT2D eigenvalue weighted by molar-refractivity contribution is -0.131. The van der Waals surface area contributed by atoms with Gasteiger partial charge in [0.15, 0.2) is 0 Å². The summed E-state index contributed by atoms with van der Waals surface area (Å²) >= 11 is 0. The third-order valence-corrected chi connectivity index (χ3v) is 7.87. The predicted octanol–water partition coefficient (Wildman–Crippen LogP) is 5.87. The molecule has 0 spiro atoms. The van der Waals surface area contributed by atoms with E-state index in [1.54, 1.807) is 5.57 Å². The van der Waals surface area contributed by atoms with Crippen LogP contribution in [0.2, 0.25) is 0 Å². The molecule has 0 heterocycles. The molecule has 3 fully saturated rings. The van der Waals surface area contributed by atoms with Crippen LogP contribution in [0.4, 0.5) is 0 Å². The van der Waals surface area contributed by atoms with Crippen molar-refractivity contribution in [3.63, 3.8) is 0 Å². The average Bonchev–Trinajstić information content (AvgIpc) is 2.72. The van der Waals surface area contributed by atoms with Crippen molar-refractivity contribution in [3.05, 3.63) is 47.5 Å². The molecule has 3 aliphatic rings. The second-order valence-electron chi connectivity index (χ2n) is 10.5. The molecule has 4 atom stereocenters. The van der Waals surface area contributed by atoms with Crippen LogP contribution in [0, 0.1) is 17.3 Å². The number of carbonyl (C=O) groups is 1. The maximum Gasteiger partial charge on any atom is 0.223 e. The Bertz CT molecular complexity index is 732. The number of allylic oxidation sites excluding steroid dienone is 2. The van der Waals surface area contributed by atoms with Gasteiger partial charge in [-0.2, -0.15) is 0 Å². The molecule has 1 amide bonds. The van der Waals surface area contributed by atoms with E-state index in [9.17, 15) is 4.79 Å². The first-order valence-electron chi connectivity index (χ1n) is 12.1. The summed E-state index contributed by atoms with van der Waals surface area (Å²) in [5.74, 6) is 0.949. The summed E-state index contributed by atoms with van der Waals surface area (Å²) in [5, 5.41) is 0. The number of fused-ring (bicyclic) bond motifs is 2. The Morgan fingerprint density at radius 2 is 1.77 bits per heavy atom. The molecule has 3 aliphatic carbocycles. The largest absolute Gasteiger partial charge is 0.369 e. The van der Waals surface area contributed by atoms with Gasteiger partial charge in [-0.15, -0.1) is 0 Å². The summed E-state index contributed by atoms with van der Waals surface area (Å²) in [5.41, 5.74) is 14.1. The molecular weight excluding hydrogens is 368 g/mol. The normalized spacial score (nSPS) is 35.4. The van der Waals surface area contributed by atoms with Crippen molar-refractivity contribution in [2.24, 2.45) is 28.7 Å². The van der Waals surface area contributed by atoms with Gasteiger partial charge in [0.05, 0.1) is 0 Å². The number of amides is 1. The Labute approximate surface area is 183 Å². The molecule has 4 rings (SSSR count). The molecule has 3 saturated carbocycles. The van der Waals surface area contributed by atoms with Crippen LogP contribution in [0.1, 0.15) is 90.5 Å². The summed E-state index contributed by atoms with van der Waals surface area (Å²) in [6, 6.07) is 11.3. The Morgan fingerprint density at radius 3 is 2.30 bits per heavy atom. The van der Waals surface area contributed by atoms with Gasteiger partial charge in [0.1, 0.15) is 0 Å². The SMILES string of the molecule is CC/C=C1\C(C)CC2(c3ccccc3)CC1CC(C)(C(N)=O)C2.NC1CCCCC1. The minimum absolute atomic E-state index is 0.0957. The predicted molar refractivity (Wildman–Crippen MR) is 126 cm³/mol. The molecule has 0 aliphatic heterocycles. The first-order valence-corrected chi connectivity index (χ1v) is 12.1. The summed E-state index contributed by atoms with van der Waals surface area (Å²) in [6.07, 6.45) is 14.2. The Morgan fingerprint density at radius 1 is 1.10 bits per heavy atom. The molecule has 3 heteroatoms. The quantitative estimate of drug-likeness (QED) is 0.612. The molecule has 0 aromatic heterocycles. The van der Waals surface area contributed by atoms with Crippen molar-refractivity contribution in [1.82, 2.24) is 0 Å². The van der Waals surface area contributed by atoms with Gasteiger partial charge in [-0.1, -0.05) is 82.0 Å². The average molecular weight is 411 g/mol. The number of hydrogen-bond acceptors (Lipinski definition) is 2. The second kappa shape index (κ2) is 9.68. The highest BCUT2D eigenvalue weighted by atomic mass is 16.1. The van der Waals surface area contributed by atoms with Crippen LogP contribution in [0.3, 0.4) is 0 Å². The topological polar surface area (TPSA) is 69.1 Å². The summed E-state index contributed by atoms with van der Waals surface area (Å²) < 4.78 is 0. The zero-order valence-electron chi connectivity index (χ0n) is 19.3. The van der Waals surface area contributed by atoms with Crippen LogP contribution in [0.25, 0.3) is 0 Å². The Hall–Kier alpha value is -1.61. The molecule has 1 aromatic carbocycles. The van der Waals surface area contributed by atoms with Gasteiger partial charge in [0.2, 0.25) is 5.91 Å². The van der Waals surface area contributed by atoms with Crippen molar-refractivity contribution in [1.29, 1.82) is 0 Å². The lowest BCUT2D eigenvalue weighted by atomic mass is 9.49. The monoisotopic (exact) mass is 410 g/mol. The molecule has 3 nitrogen and oxygen atoms in total. The van der Waals surface area contributed by atoms with E-state index in [1.807, 2.05) is 0 Å². The first kappa shape index (κ1) is 23.1. The fourth-order valence-electron chi connectivity index (χ4n) is 6.53. The number of nitrogens with two attached hydrogens (primary N) is 2. The standard InChI is InChI=1S/C21H29NO.C6H13N/c1-4-8-18-15(2)11-21(17-9-6-5-7-10-17)13-16(18)12-20(3,14-21)19(22)23;7-6-4-2-1-3-5-6/h5-10,15-16H,4,11-14H2,1-3H3,(H2,22,23);6H,1-5,7H2/b18-8+;. The third-order valence-electron chi connectivity index (χ3n) is 7.87. The molecule has 2 bridgehead atoms. The smallest absolute Gasteiger partial charge is 0.223 e. The molecule has 0 saturated heterocycles. The van der Waals surface area contributed by atoms with Gasteiger partial charge in [-0.05, 0) is 67.8 Å². The molecule has 4 N–H and O–H groups in total. The fourth-order valence-corrected chi connectivity index (χ4v) is 6.53. The molecule has 1 aromatic rings. The van der Waals surface area contributed by atoms with E-state index in [-0.39, 0.29) is 11.3 Å². The highest BCUT2D eigenvalue weighted by molar-refractivity contribution is 5.81. The lowest BCUT2D eigenvalue weighted by Crippen LogP contribution is -2.51. The zero-order chi connectivity index (χ0) is 21.8. The Balaban J connectivity index is 0.000000310. The maximum absolute atomic E-state index is 12.2. The lowest BCUT2D eigenvalue weighted by Gasteiger charge is -2.55. The van der Waals surface area contributed by atoms with Crippen LogP contribution >= 0.6 is 0 Å². The van der Waals surface area contributed by atoms with Gasteiger partial charge in [-0.25, -0.2) is 0 Å². The van der Waals surface area contributed by atoms with E-state index >= 15 is 0 Å². The zero-order valence-corrected chi connectivity index (χ0v) is 19.3. The molecule has 30 heavy (non-hydrogen) atoms. The molecule has 4 unspecified atom stereocenters. The maximum atomic E-state index is 12.2. The first-order chi connectivity index (χ1) is 14.3. The van der Waals surface area contributed by atoms with E-state index in [4.69, 9.17) is 11.5 Å². The van der Waals surface area contributed by atoms with E-state index in [1.165, 1.54) is 37.7 Å². The number of hydrogen-bond donors (Lipinski definition) is 2. The van der Waals surface area contributed by atoms with E-state index < -0.39 is 5.41 Å². The van der Waals surface area contributed by atoms with Crippen molar-refractivity contribution in [2.45, 2.75) is 96.4 Å². The van der Waals surface area contributed by atoms with Gasteiger partial charge in [0.25, 0.3) is 0 Å². The van der Waals surface area contributed by atoms with Crippen molar-refractivity contribution < 1.29 is 4.79 Å². The number of benzene rings is 1.